The van der Waals surface area contributed by atoms with Crippen molar-refractivity contribution < 1.29 is 4.42 Å². The zero-order valence-corrected chi connectivity index (χ0v) is 12.2. The highest BCUT2D eigenvalue weighted by molar-refractivity contribution is 5.82. The van der Waals surface area contributed by atoms with Gasteiger partial charge in [0.05, 0.1) is 6.54 Å². The van der Waals surface area contributed by atoms with E-state index in [0.717, 1.165) is 37.4 Å². The Hall–Kier alpha value is -2.38. The van der Waals surface area contributed by atoms with E-state index in [1.807, 2.05) is 35.3 Å². The maximum Gasteiger partial charge on any atom is 0.248 e. The number of hydrogen-bond donors (Lipinski definition) is 2. The van der Waals surface area contributed by atoms with Crippen LogP contribution >= 0.6 is 0 Å². The molecule has 1 aromatic heterocycles. The van der Waals surface area contributed by atoms with E-state index in [1.165, 1.54) is 0 Å². The molecule has 3 N–H and O–H groups in total. The topological polar surface area (TPSA) is 82.9 Å². The van der Waals surface area contributed by atoms with Gasteiger partial charge in [0.2, 0.25) is 17.7 Å². The lowest BCUT2D eigenvalue weighted by Crippen LogP contribution is -2.56. The van der Waals surface area contributed by atoms with Gasteiger partial charge in [0.25, 0.3) is 0 Å². The Kier molecular flexibility index (Phi) is 3.28. The zero-order valence-electron chi connectivity index (χ0n) is 12.2. The number of rotatable bonds is 2. The summed E-state index contributed by atoms with van der Waals surface area (Å²) in [6.07, 6.45) is 0. The van der Waals surface area contributed by atoms with Crippen LogP contribution in [-0.2, 0) is 6.54 Å². The normalized spacial score (nSPS) is 18.9. The van der Waals surface area contributed by atoms with Crippen molar-refractivity contribution in [3.8, 4) is 11.5 Å². The summed E-state index contributed by atoms with van der Waals surface area (Å²) in [6.45, 7) is 4.32. The fraction of sp³-hybridized carbons (Fsp3) is 0.333. The molecule has 0 amide bonds. The molecule has 1 saturated heterocycles. The minimum absolute atomic E-state index is 0.463. The van der Waals surface area contributed by atoms with E-state index in [4.69, 9.17) is 10.2 Å². The van der Waals surface area contributed by atoms with Crippen LogP contribution in [0.2, 0.25) is 0 Å². The van der Waals surface area contributed by atoms with E-state index in [9.17, 15) is 0 Å². The number of hydrazine groups is 1. The Balaban J connectivity index is 1.62. The number of guanidine groups is 1. The van der Waals surface area contributed by atoms with E-state index in [2.05, 4.69) is 20.3 Å². The van der Waals surface area contributed by atoms with E-state index in [-0.39, 0.29) is 0 Å². The molecule has 0 atom stereocenters. The van der Waals surface area contributed by atoms with Crippen LogP contribution in [0, 0.1) is 0 Å². The maximum atomic E-state index is 6.10. The third-order valence-corrected chi connectivity index (χ3v) is 3.91. The summed E-state index contributed by atoms with van der Waals surface area (Å²) in [6, 6.07) is 9.83. The van der Waals surface area contributed by atoms with E-state index < -0.39 is 0 Å². The Morgan fingerprint density at radius 3 is 2.68 bits per heavy atom. The maximum absolute atomic E-state index is 6.10. The second-order valence-electron chi connectivity index (χ2n) is 5.37. The third kappa shape index (κ3) is 2.34. The Bertz CT molecular complexity index is 689. The summed E-state index contributed by atoms with van der Waals surface area (Å²) >= 11 is 0. The number of fused-ring (bicyclic) bond motifs is 1. The fourth-order valence-electron chi connectivity index (χ4n) is 2.76. The van der Waals surface area contributed by atoms with Gasteiger partial charge >= 0.3 is 0 Å². The quantitative estimate of drug-likeness (QED) is 0.858. The smallest absolute Gasteiger partial charge is 0.248 e. The van der Waals surface area contributed by atoms with Gasteiger partial charge < -0.3 is 15.5 Å². The number of nitrogens with zero attached hydrogens (tertiary/aromatic N) is 4. The van der Waals surface area contributed by atoms with Gasteiger partial charge in [-0.2, -0.15) is 4.99 Å². The van der Waals surface area contributed by atoms with Crippen LogP contribution in [0.5, 0.6) is 0 Å². The molecular formula is C15H18N6O. The first kappa shape index (κ1) is 13.3. The number of nitrogens with one attached hydrogen (secondary N) is 1. The lowest BCUT2D eigenvalue weighted by Gasteiger charge is -2.38. The van der Waals surface area contributed by atoms with E-state index in [1.54, 1.807) is 0 Å². The van der Waals surface area contributed by atoms with Crippen LogP contribution in [-0.4, -0.2) is 47.1 Å². The van der Waals surface area contributed by atoms with Gasteiger partial charge in [0.1, 0.15) is 5.69 Å². The second-order valence-corrected chi connectivity index (χ2v) is 5.37. The van der Waals surface area contributed by atoms with Crippen molar-refractivity contribution in [2.24, 2.45) is 10.7 Å². The monoisotopic (exact) mass is 298 g/mol. The van der Waals surface area contributed by atoms with Gasteiger partial charge in [0, 0.05) is 31.7 Å². The predicted molar refractivity (Wildman–Crippen MR) is 83.2 cm³/mol. The molecule has 22 heavy (non-hydrogen) atoms. The average Bonchev–Trinajstić information content (AvgIpc) is 2.98. The van der Waals surface area contributed by atoms with Gasteiger partial charge in [-0.05, 0) is 12.1 Å². The highest BCUT2D eigenvalue weighted by Crippen LogP contribution is 2.31. The Morgan fingerprint density at radius 2 is 1.91 bits per heavy atom. The molecule has 4 rings (SSSR count). The summed E-state index contributed by atoms with van der Waals surface area (Å²) in [7, 11) is 0. The molecule has 1 aromatic carbocycles. The summed E-state index contributed by atoms with van der Waals surface area (Å²) in [5.41, 5.74) is 7.87. The van der Waals surface area contributed by atoms with E-state index in [0.29, 0.717) is 24.3 Å². The molecule has 7 nitrogen and oxygen atoms in total. The predicted octanol–water partition coefficient (Wildman–Crippen LogP) is 0.924. The molecule has 3 heterocycles. The standard InChI is InChI=1S/C15H18N6O/c16-15-19-14-12(10-21(15)20-8-6-17-7-9-20)18-13(22-14)11-4-2-1-3-5-11/h1-5,17H,6-10H2,(H2,16,19). The number of benzene rings is 1. The molecular weight excluding hydrogens is 280 g/mol. The largest absolute Gasteiger partial charge is 0.418 e. The van der Waals surface area contributed by atoms with E-state index >= 15 is 0 Å². The second kappa shape index (κ2) is 5.43. The first-order chi connectivity index (χ1) is 10.8. The average molecular weight is 298 g/mol. The number of aromatic nitrogens is 1. The lowest BCUT2D eigenvalue weighted by molar-refractivity contribution is 0.0216. The van der Waals surface area contributed by atoms with Gasteiger partial charge in [-0.1, -0.05) is 18.2 Å². The van der Waals surface area contributed by atoms with Crippen molar-refractivity contribution in [2.45, 2.75) is 6.54 Å². The fourth-order valence-corrected chi connectivity index (χ4v) is 2.76. The van der Waals surface area contributed by atoms with Crippen molar-refractivity contribution in [1.82, 2.24) is 20.3 Å². The van der Waals surface area contributed by atoms with Crippen LogP contribution in [0.1, 0.15) is 5.69 Å². The van der Waals surface area contributed by atoms with Gasteiger partial charge in [-0.15, -0.1) is 0 Å². The Labute approximate surface area is 128 Å². The highest BCUT2D eigenvalue weighted by atomic mass is 16.4. The molecule has 2 aliphatic rings. The first-order valence-electron chi connectivity index (χ1n) is 7.43. The third-order valence-electron chi connectivity index (χ3n) is 3.91. The zero-order chi connectivity index (χ0) is 14.9. The first-order valence-corrected chi connectivity index (χ1v) is 7.43. The number of oxazole rings is 1. The van der Waals surface area contributed by atoms with Gasteiger partial charge in [-0.25, -0.2) is 9.99 Å². The minimum Gasteiger partial charge on any atom is -0.418 e. The molecule has 0 bridgehead atoms. The molecule has 0 saturated carbocycles. The molecule has 7 heteroatoms. The lowest BCUT2D eigenvalue weighted by atomic mass is 10.2. The summed E-state index contributed by atoms with van der Waals surface area (Å²) in [4.78, 5) is 8.96. The number of hydrogen-bond acceptors (Lipinski definition) is 7. The van der Waals surface area contributed by atoms with Crippen molar-refractivity contribution >= 4 is 11.8 Å². The van der Waals surface area contributed by atoms with Gasteiger partial charge in [-0.3, -0.25) is 5.01 Å². The Morgan fingerprint density at radius 1 is 1.14 bits per heavy atom. The molecule has 1 fully saturated rings. The SMILES string of the molecule is NC1=Nc2oc(-c3ccccc3)nc2CN1N1CCNCC1. The van der Waals surface area contributed by atoms with Gasteiger partial charge in [0.15, 0.2) is 0 Å². The molecule has 114 valence electrons. The minimum atomic E-state index is 0.463. The molecule has 0 spiro atoms. The summed E-state index contributed by atoms with van der Waals surface area (Å²) < 4.78 is 5.76. The van der Waals surface area contributed by atoms with Crippen molar-refractivity contribution in [3.63, 3.8) is 0 Å². The van der Waals surface area contributed by atoms with Crippen LogP contribution in [0.3, 0.4) is 0 Å². The summed E-state index contributed by atoms with van der Waals surface area (Å²) in [5.74, 6) is 1.57. The molecule has 0 unspecified atom stereocenters. The molecule has 2 aliphatic heterocycles. The molecule has 2 aromatic rings. The van der Waals surface area contributed by atoms with Crippen LogP contribution < -0.4 is 11.1 Å². The highest BCUT2D eigenvalue weighted by Gasteiger charge is 2.28. The molecule has 0 radical (unpaired) electrons. The number of nitrogens with two attached hydrogens (primary N) is 1. The summed E-state index contributed by atoms with van der Waals surface area (Å²) in [5, 5.41) is 7.52. The van der Waals surface area contributed by atoms with Crippen molar-refractivity contribution in [3.05, 3.63) is 36.0 Å². The number of piperazine rings is 1. The van der Waals surface area contributed by atoms with Crippen LogP contribution in [0.4, 0.5) is 5.88 Å². The molecule has 0 aliphatic carbocycles. The van der Waals surface area contributed by atoms with Crippen molar-refractivity contribution in [2.75, 3.05) is 26.2 Å². The number of aliphatic imine (C=N–C) groups is 1. The van der Waals surface area contributed by atoms with Crippen molar-refractivity contribution in [1.29, 1.82) is 0 Å². The van der Waals surface area contributed by atoms with Crippen LogP contribution in [0.15, 0.2) is 39.7 Å². The van der Waals surface area contributed by atoms with Crippen LogP contribution in [0.25, 0.3) is 11.5 Å².